The molecule has 23 heavy (non-hydrogen) atoms. The van der Waals surface area contributed by atoms with Gasteiger partial charge in [0.2, 0.25) is 10.0 Å². The summed E-state index contributed by atoms with van der Waals surface area (Å²) < 4.78 is 29.7. The number of halogens is 1. The summed E-state index contributed by atoms with van der Waals surface area (Å²) in [6.07, 6.45) is 3.21. The molecule has 9 heteroatoms. The third-order valence-corrected chi connectivity index (χ3v) is 5.67. The van der Waals surface area contributed by atoms with E-state index in [0.717, 1.165) is 30.5 Å². The molecule has 2 N–H and O–H groups in total. The maximum atomic E-state index is 12.6. The van der Waals surface area contributed by atoms with E-state index in [9.17, 15) is 8.42 Å². The third-order valence-electron chi connectivity index (χ3n) is 4.22. The van der Waals surface area contributed by atoms with Gasteiger partial charge in [0.15, 0.2) is 5.65 Å². The van der Waals surface area contributed by atoms with Gasteiger partial charge in [-0.25, -0.2) is 18.1 Å². The van der Waals surface area contributed by atoms with E-state index < -0.39 is 10.0 Å². The first-order valence-corrected chi connectivity index (χ1v) is 8.92. The molecule has 0 amide bonds. The summed E-state index contributed by atoms with van der Waals surface area (Å²) in [5.41, 5.74) is 1.46. The molecule has 2 aromatic rings. The maximum Gasteiger partial charge on any atom is 0.242 e. The van der Waals surface area contributed by atoms with Gasteiger partial charge in [-0.15, -0.1) is 12.4 Å². The highest BCUT2D eigenvalue weighted by Gasteiger charge is 2.27. The molecule has 2 unspecified atom stereocenters. The number of fused-ring (bicyclic) bond motifs is 1. The van der Waals surface area contributed by atoms with E-state index in [1.165, 1.54) is 6.20 Å². The van der Waals surface area contributed by atoms with Crippen LogP contribution in [0.25, 0.3) is 11.0 Å². The molecule has 0 spiro atoms. The number of sulfonamides is 1. The predicted octanol–water partition coefficient (Wildman–Crippen LogP) is 1.12. The Balaban J connectivity index is 0.00000192. The monoisotopic (exact) mass is 359 g/mol. The number of aromatic nitrogens is 3. The summed E-state index contributed by atoms with van der Waals surface area (Å²) in [5.74, 6) is 0. The average molecular weight is 360 g/mol. The van der Waals surface area contributed by atoms with Gasteiger partial charge >= 0.3 is 0 Å². The summed E-state index contributed by atoms with van der Waals surface area (Å²) in [6.45, 7) is 4.78. The molecule has 0 aromatic carbocycles. The van der Waals surface area contributed by atoms with Gasteiger partial charge < -0.3 is 5.32 Å². The Bertz CT molecular complexity index is 805. The largest absolute Gasteiger partial charge is 0.313 e. The Morgan fingerprint density at radius 1 is 1.43 bits per heavy atom. The van der Waals surface area contributed by atoms with Gasteiger partial charge in [-0.05, 0) is 39.3 Å². The second kappa shape index (κ2) is 6.72. The van der Waals surface area contributed by atoms with Crippen LogP contribution in [0.3, 0.4) is 0 Å². The van der Waals surface area contributed by atoms with E-state index in [1.807, 2.05) is 13.8 Å². The zero-order valence-electron chi connectivity index (χ0n) is 13.4. The second-order valence-electron chi connectivity index (χ2n) is 5.86. The van der Waals surface area contributed by atoms with Crippen molar-refractivity contribution in [1.82, 2.24) is 24.8 Å². The second-order valence-corrected chi connectivity index (χ2v) is 7.58. The molecule has 2 aromatic heterocycles. The quantitative estimate of drug-likeness (QED) is 0.857. The first-order valence-electron chi connectivity index (χ1n) is 7.43. The summed E-state index contributed by atoms with van der Waals surface area (Å²) in [4.78, 5) is 4.43. The Morgan fingerprint density at radius 3 is 2.87 bits per heavy atom. The van der Waals surface area contributed by atoms with Crippen molar-refractivity contribution in [3.63, 3.8) is 0 Å². The van der Waals surface area contributed by atoms with Gasteiger partial charge in [0, 0.05) is 30.7 Å². The SMILES string of the molecule is Cc1nn(C)c2ncc(S(=O)(=O)NC3CCCNC3C)cc12.Cl. The summed E-state index contributed by atoms with van der Waals surface area (Å²) >= 11 is 0. The van der Waals surface area contributed by atoms with Crippen molar-refractivity contribution < 1.29 is 8.42 Å². The van der Waals surface area contributed by atoms with Crippen LogP contribution in [0, 0.1) is 6.92 Å². The van der Waals surface area contributed by atoms with Gasteiger partial charge in [0.25, 0.3) is 0 Å². The number of pyridine rings is 1. The Morgan fingerprint density at radius 2 is 2.17 bits per heavy atom. The molecule has 1 fully saturated rings. The van der Waals surface area contributed by atoms with Crippen LogP contribution in [0.2, 0.25) is 0 Å². The lowest BCUT2D eigenvalue weighted by atomic mass is 10.0. The molecule has 3 heterocycles. The average Bonchev–Trinajstić information content (AvgIpc) is 2.76. The standard InChI is InChI=1S/C14H21N5O2S.ClH/c1-9-12-7-11(8-16-14(12)19(3)17-9)22(20,21)18-13-5-4-6-15-10(13)2;/h7-8,10,13,15,18H,4-6H2,1-3H3;1H. The fourth-order valence-corrected chi connectivity index (χ4v) is 4.23. The minimum absolute atomic E-state index is 0. The van der Waals surface area contributed by atoms with Crippen molar-refractivity contribution >= 4 is 33.5 Å². The van der Waals surface area contributed by atoms with Crippen molar-refractivity contribution in [2.75, 3.05) is 6.54 Å². The van der Waals surface area contributed by atoms with Crippen LogP contribution in [0.5, 0.6) is 0 Å². The van der Waals surface area contributed by atoms with Gasteiger partial charge in [0.1, 0.15) is 4.90 Å². The van der Waals surface area contributed by atoms with Crippen LogP contribution in [-0.4, -0.2) is 41.8 Å². The van der Waals surface area contributed by atoms with Crippen LogP contribution in [0.1, 0.15) is 25.5 Å². The predicted molar refractivity (Wildman–Crippen MR) is 91.3 cm³/mol. The van der Waals surface area contributed by atoms with Gasteiger partial charge in [-0.3, -0.25) is 4.68 Å². The Kier molecular flexibility index (Phi) is 5.30. The lowest BCUT2D eigenvalue weighted by Gasteiger charge is -2.30. The highest BCUT2D eigenvalue weighted by Crippen LogP contribution is 2.20. The fraction of sp³-hybridized carbons (Fsp3) is 0.571. The van der Waals surface area contributed by atoms with Crippen molar-refractivity contribution in [2.24, 2.45) is 7.05 Å². The molecular weight excluding hydrogens is 338 g/mol. The topological polar surface area (TPSA) is 88.9 Å². The van der Waals surface area contributed by atoms with E-state index in [1.54, 1.807) is 17.8 Å². The van der Waals surface area contributed by atoms with Gasteiger partial charge in [-0.2, -0.15) is 5.10 Å². The van der Waals surface area contributed by atoms with Crippen molar-refractivity contribution in [2.45, 2.75) is 43.7 Å². The number of piperidine rings is 1. The molecule has 1 aliphatic heterocycles. The molecule has 0 aliphatic carbocycles. The molecule has 7 nitrogen and oxygen atoms in total. The van der Waals surface area contributed by atoms with Crippen molar-refractivity contribution in [3.8, 4) is 0 Å². The molecule has 0 saturated carbocycles. The molecule has 0 bridgehead atoms. The molecule has 1 aliphatic rings. The highest BCUT2D eigenvalue weighted by molar-refractivity contribution is 7.89. The van der Waals surface area contributed by atoms with Crippen molar-refractivity contribution in [3.05, 3.63) is 18.0 Å². The lowest BCUT2D eigenvalue weighted by molar-refractivity contribution is 0.349. The molecular formula is C14H22ClN5O2S. The summed E-state index contributed by atoms with van der Waals surface area (Å²) in [6, 6.07) is 1.68. The van der Waals surface area contributed by atoms with Gasteiger partial charge in [-0.1, -0.05) is 0 Å². The summed E-state index contributed by atoms with van der Waals surface area (Å²) in [5, 5.41) is 8.33. The minimum Gasteiger partial charge on any atom is -0.313 e. The normalized spacial score (nSPS) is 22.0. The van der Waals surface area contributed by atoms with Crippen molar-refractivity contribution in [1.29, 1.82) is 0 Å². The zero-order chi connectivity index (χ0) is 15.9. The molecule has 0 radical (unpaired) electrons. The van der Waals surface area contributed by atoms with Gasteiger partial charge in [0.05, 0.1) is 5.69 Å². The Hall–Kier alpha value is -1.22. The van der Waals surface area contributed by atoms with Crippen LogP contribution in [-0.2, 0) is 17.1 Å². The molecule has 1 saturated heterocycles. The smallest absolute Gasteiger partial charge is 0.242 e. The minimum atomic E-state index is -3.58. The van der Waals surface area contributed by atoms with E-state index in [4.69, 9.17) is 0 Å². The van der Waals surface area contributed by atoms with E-state index in [2.05, 4.69) is 20.1 Å². The lowest BCUT2D eigenvalue weighted by Crippen LogP contribution is -2.51. The number of nitrogens with zero attached hydrogens (tertiary/aromatic N) is 3. The Labute approximate surface area is 142 Å². The first-order chi connectivity index (χ1) is 10.4. The van der Waals surface area contributed by atoms with E-state index in [-0.39, 0.29) is 29.4 Å². The number of hydrogen-bond acceptors (Lipinski definition) is 5. The van der Waals surface area contributed by atoms with Crippen LogP contribution < -0.4 is 10.0 Å². The van der Waals surface area contributed by atoms with E-state index >= 15 is 0 Å². The number of hydrogen-bond donors (Lipinski definition) is 2. The van der Waals surface area contributed by atoms with E-state index in [0.29, 0.717) is 5.65 Å². The molecule has 2 atom stereocenters. The maximum absolute atomic E-state index is 12.6. The molecule has 128 valence electrons. The molecule has 3 rings (SSSR count). The zero-order valence-corrected chi connectivity index (χ0v) is 15.0. The number of aryl methyl sites for hydroxylation is 2. The van der Waals surface area contributed by atoms with Crippen LogP contribution in [0.4, 0.5) is 0 Å². The first kappa shape index (κ1) is 18.1. The number of nitrogens with one attached hydrogen (secondary N) is 2. The third kappa shape index (κ3) is 3.50. The van der Waals surface area contributed by atoms with Crippen LogP contribution >= 0.6 is 12.4 Å². The van der Waals surface area contributed by atoms with Crippen LogP contribution in [0.15, 0.2) is 17.2 Å². The number of rotatable bonds is 3. The highest BCUT2D eigenvalue weighted by atomic mass is 35.5. The fourth-order valence-electron chi connectivity index (χ4n) is 2.91. The summed E-state index contributed by atoms with van der Waals surface area (Å²) in [7, 11) is -1.79.